The standard InChI is InChI=1S/C20H21BrFN3O2S/c1-14(12-23-10-8-15-2-5-17(22)6-3-15)25-28(26,27)19-7-4-16-13-24-11-9-18(16)20(19)21/h2-7,9,11,13-14,23,25H,8,10,12H2,1H3/t14-/m1/s1. The van der Waals surface area contributed by atoms with Gasteiger partial charge in [0.2, 0.25) is 10.0 Å². The molecule has 0 fully saturated rings. The lowest BCUT2D eigenvalue weighted by atomic mass is 10.1. The van der Waals surface area contributed by atoms with Gasteiger partial charge in [-0.15, -0.1) is 0 Å². The van der Waals surface area contributed by atoms with Crippen LogP contribution in [0.2, 0.25) is 0 Å². The van der Waals surface area contributed by atoms with Crippen molar-refractivity contribution in [3.8, 4) is 0 Å². The molecule has 0 aliphatic carbocycles. The molecule has 0 amide bonds. The number of hydrogen-bond donors (Lipinski definition) is 2. The van der Waals surface area contributed by atoms with Crippen molar-refractivity contribution in [1.82, 2.24) is 15.0 Å². The molecule has 0 aliphatic heterocycles. The zero-order chi connectivity index (χ0) is 20.1. The third-order valence-electron chi connectivity index (χ3n) is 4.32. The summed E-state index contributed by atoms with van der Waals surface area (Å²) in [5.74, 6) is -0.254. The molecule has 148 valence electrons. The van der Waals surface area contributed by atoms with Gasteiger partial charge in [-0.25, -0.2) is 17.5 Å². The minimum Gasteiger partial charge on any atom is -0.315 e. The number of benzene rings is 2. The highest BCUT2D eigenvalue weighted by atomic mass is 79.9. The van der Waals surface area contributed by atoms with Gasteiger partial charge < -0.3 is 5.32 Å². The third kappa shape index (κ3) is 5.14. The second-order valence-corrected chi connectivity index (χ2v) is 9.05. The maximum absolute atomic E-state index is 12.9. The predicted molar refractivity (Wildman–Crippen MR) is 112 cm³/mol. The molecule has 8 heteroatoms. The fraction of sp³-hybridized carbons (Fsp3) is 0.250. The predicted octanol–water partition coefficient (Wildman–Crippen LogP) is 3.64. The van der Waals surface area contributed by atoms with Gasteiger partial charge in [-0.05, 0) is 65.6 Å². The molecule has 0 saturated carbocycles. The first kappa shape index (κ1) is 20.9. The molecule has 0 aliphatic rings. The topological polar surface area (TPSA) is 71.1 Å². The number of nitrogens with zero attached hydrogens (tertiary/aromatic N) is 1. The zero-order valence-corrected chi connectivity index (χ0v) is 17.7. The number of sulfonamides is 1. The smallest absolute Gasteiger partial charge is 0.241 e. The molecule has 0 radical (unpaired) electrons. The van der Waals surface area contributed by atoms with Crippen LogP contribution in [-0.4, -0.2) is 32.5 Å². The number of nitrogens with one attached hydrogen (secondary N) is 2. The van der Waals surface area contributed by atoms with Crippen molar-refractivity contribution >= 4 is 36.7 Å². The van der Waals surface area contributed by atoms with Gasteiger partial charge in [-0.1, -0.05) is 18.2 Å². The zero-order valence-electron chi connectivity index (χ0n) is 15.3. The lowest BCUT2D eigenvalue weighted by molar-refractivity contribution is 0.537. The molecule has 3 aromatic rings. The van der Waals surface area contributed by atoms with E-state index in [0.717, 1.165) is 22.8 Å². The molecule has 28 heavy (non-hydrogen) atoms. The molecule has 1 aromatic heterocycles. The quantitative estimate of drug-likeness (QED) is 0.498. The van der Waals surface area contributed by atoms with E-state index in [4.69, 9.17) is 0 Å². The van der Waals surface area contributed by atoms with Crippen LogP contribution in [0.5, 0.6) is 0 Å². The summed E-state index contributed by atoms with van der Waals surface area (Å²) in [5, 5.41) is 4.88. The van der Waals surface area contributed by atoms with E-state index in [9.17, 15) is 12.8 Å². The van der Waals surface area contributed by atoms with Crippen LogP contribution in [0.15, 0.2) is 64.2 Å². The molecule has 0 spiro atoms. The summed E-state index contributed by atoms with van der Waals surface area (Å²) in [6.45, 7) is 2.96. The van der Waals surface area contributed by atoms with Crippen molar-refractivity contribution in [1.29, 1.82) is 0 Å². The van der Waals surface area contributed by atoms with Crippen LogP contribution in [0.3, 0.4) is 0 Å². The molecule has 0 unspecified atom stereocenters. The Hall–Kier alpha value is -1.87. The summed E-state index contributed by atoms with van der Waals surface area (Å²) in [5.41, 5.74) is 1.02. The minimum atomic E-state index is -3.67. The van der Waals surface area contributed by atoms with Gasteiger partial charge in [0.15, 0.2) is 0 Å². The highest BCUT2D eigenvalue weighted by molar-refractivity contribution is 9.10. The molecule has 3 rings (SSSR count). The second-order valence-electron chi connectivity index (χ2n) is 6.58. The molecular weight excluding hydrogens is 445 g/mol. The molecular formula is C20H21BrFN3O2S. The minimum absolute atomic E-state index is 0.198. The Balaban J connectivity index is 1.57. The van der Waals surface area contributed by atoms with E-state index in [1.165, 1.54) is 12.1 Å². The number of halogens is 2. The normalized spacial score (nSPS) is 13.0. The second kappa shape index (κ2) is 9.09. The Bertz CT molecular complexity index is 1060. The van der Waals surface area contributed by atoms with E-state index in [1.54, 1.807) is 49.6 Å². The first-order valence-electron chi connectivity index (χ1n) is 8.86. The molecule has 2 N–H and O–H groups in total. The number of aromatic nitrogens is 1. The Kier molecular flexibility index (Phi) is 6.77. The van der Waals surface area contributed by atoms with Crippen molar-refractivity contribution in [2.24, 2.45) is 0 Å². The van der Waals surface area contributed by atoms with E-state index in [1.807, 2.05) is 0 Å². The monoisotopic (exact) mass is 465 g/mol. The van der Waals surface area contributed by atoms with Crippen LogP contribution in [-0.2, 0) is 16.4 Å². The van der Waals surface area contributed by atoms with E-state index >= 15 is 0 Å². The van der Waals surface area contributed by atoms with Crippen LogP contribution >= 0.6 is 15.9 Å². The highest BCUT2D eigenvalue weighted by Crippen LogP contribution is 2.30. The van der Waals surface area contributed by atoms with Gasteiger partial charge in [0.05, 0.1) is 4.90 Å². The van der Waals surface area contributed by atoms with E-state index in [0.29, 0.717) is 17.6 Å². The maximum Gasteiger partial charge on any atom is 0.241 e. The molecule has 5 nitrogen and oxygen atoms in total. The summed E-state index contributed by atoms with van der Waals surface area (Å²) < 4.78 is 41.7. The summed E-state index contributed by atoms with van der Waals surface area (Å²) in [4.78, 5) is 4.25. The fourth-order valence-electron chi connectivity index (χ4n) is 2.89. The van der Waals surface area contributed by atoms with Crippen LogP contribution in [0.4, 0.5) is 4.39 Å². The van der Waals surface area contributed by atoms with Crippen LogP contribution in [0.1, 0.15) is 12.5 Å². The summed E-state index contributed by atoms with van der Waals surface area (Å²) in [6, 6.07) is 11.2. The number of hydrogen-bond acceptors (Lipinski definition) is 4. The average Bonchev–Trinajstić information content (AvgIpc) is 2.66. The summed E-state index contributed by atoms with van der Waals surface area (Å²) in [6.07, 6.45) is 4.06. The van der Waals surface area contributed by atoms with Gasteiger partial charge in [-0.3, -0.25) is 4.98 Å². The van der Waals surface area contributed by atoms with Crippen LogP contribution in [0.25, 0.3) is 10.8 Å². The first-order valence-corrected chi connectivity index (χ1v) is 11.1. The third-order valence-corrected chi connectivity index (χ3v) is 7.07. The molecule has 0 bridgehead atoms. The van der Waals surface area contributed by atoms with Crippen LogP contribution < -0.4 is 10.0 Å². The maximum atomic E-state index is 12.9. The number of fused-ring (bicyclic) bond motifs is 1. The molecule has 1 atom stereocenters. The Morgan fingerprint density at radius 2 is 1.89 bits per heavy atom. The SMILES string of the molecule is C[C@H](CNCCc1ccc(F)cc1)NS(=O)(=O)c1ccc2cnccc2c1Br. The van der Waals surface area contributed by atoms with Crippen LogP contribution in [0, 0.1) is 5.82 Å². The van der Waals surface area contributed by atoms with Crippen molar-refractivity contribution in [3.63, 3.8) is 0 Å². The molecule has 2 aromatic carbocycles. The Labute approximate surface area is 172 Å². The van der Waals surface area contributed by atoms with E-state index < -0.39 is 10.0 Å². The van der Waals surface area contributed by atoms with Gasteiger partial charge >= 0.3 is 0 Å². The Morgan fingerprint density at radius 3 is 2.64 bits per heavy atom. The number of rotatable bonds is 8. The van der Waals surface area contributed by atoms with Crippen molar-refractivity contribution in [2.75, 3.05) is 13.1 Å². The van der Waals surface area contributed by atoms with Gasteiger partial charge in [0.25, 0.3) is 0 Å². The van der Waals surface area contributed by atoms with E-state index in [-0.39, 0.29) is 16.8 Å². The lowest BCUT2D eigenvalue weighted by Crippen LogP contribution is -2.40. The van der Waals surface area contributed by atoms with Crippen molar-refractivity contribution in [2.45, 2.75) is 24.3 Å². The first-order chi connectivity index (χ1) is 13.4. The van der Waals surface area contributed by atoms with E-state index in [2.05, 4.69) is 31.0 Å². The average molecular weight is 466 g/mol. The molecule has 1 heterocycles. The van der Waals surface area contributed by atoms with Crippen molar-refractivity contribution in [3.05, 3.63) is 70.7 Å². The largest absolute Gasteiger partial charge is 0.315 e. The Morgan fingerprint density at radius 1 is 1.14 bits per heavy atom. The number of pyridine rings is 1. The van der Waals surface area contributed by atoms with Crippen molar-refractivity contribution < 1.29 is 12.8 Å². The highest BCUT2D eigenvalue weighted by Gasteiger charge is 2.21. The molecule has 0 saturated heterocycles. The fourth-order valence-corrected chi connectivity index (χ4v) is 5.36. The summed E-state index contributed by atoms with van der Waals surface area (Å²) >= 11 is 3.41. The van der Waals surface area contributed by atoms with Gasteiger partial charge in [0, 0.05) is 40.2 Å². The lowest BCUT2D eigenvalue weighted by Gasteiger charge is -2.16. The van der Waals surface area contributed by atoms with Gasteiger partial charge in [0.1, 0.15) is 5.82 Å². The van der Waals surface area contributed by atoms with Gasteiger partial charge in [-0.2, -0.15) is 0 Å². The summed E-state index contributed by atoms with van der Waals surface area (Å²) in [7, 11) is -3.67.